The molecular formula is C15H19N3O8S. The third kappa shape index (κ3) is 5.31. The number of hydrogen-bond donors (Lipinski definition) is 1. The van der Waals surface area contributed by atoms with Crippen LogP contribution in [0.4, 0.5) is 11.4 Å². The predicted octanol–water partition coefficient (Wildman–Crippen LogP) is 2.07. The Labute approximate surface area is 155 Å². The normalized spacial score (nSPS) is 13.3. The fraction of sp³-hybridized carbons (Fsp3) is 0.400. The molecule has 0 heterocycles. The fourth-order valence-electron chi connectivity index (χ4n) is 2.14. The number of ether oxygens (including phenoxy) is 1. The van der Waals surface area contributed by atoms with Gasteiger partial charge in [-0.25, -0.2) is 8.42 Å². The standard InChI is InChI=1S/C15H19N3O8S/c1-10(2)7-8-15(3,14(19)26-4)16-27(24,25)13-6-5-11(17(20)21)9-12(13)18(22)23/h5-7,9,16H,8H2,1-4H3. The van der Waals surface area contributed by atoms with Gasteiger partial charge in [0, 0.05) is 6.07 Å². The third-order valence-electron chi connectivity index (χ3n) is 3.55. The number of nitrogens with one attached hydrogen (secondary N) is 1. The van der Waals surface area contributed by atoms with Crippen LogP contribution in [0.2, 0.25) is 0 Å². The van der Waals surface area contributed by atoms with Crippen LogP contribution in [-0.2, 0) is 19.6 Å². The van der Waals surface area contributed by atoms with E-state index in [2.05, 4.69) is 9.46 Å². The highest BCUT2D eigenvalue weighted by atomic mass is 32.2. The van der Waals surface area contributed by atoms with Crippen molar-refractivity contribution in [1.29, 1.82) is 0 Å². The highest BCUT2D eigenvalue weighted by Crippen LogP contribution is 2.29. The van der Waals surface area contributed by atoms with E-state index in [1.165, 1.54) is 6.92 Å². The van der Waals surface area contributed by atoms with E-state index >= 15 is 0 Å². The Hall–Kier alpha value is -2.86. The van der Waals surface area contributed by atoms with Crippen LogP contribution in [0.25, 0.3) is 0 Å². The van der Waals surface area contributed by atoms with Gasteiger partial charge in [-0.05, 0) is 33.3 Å². The molecule has 12 heteroatoms. The van der Waals surface area contributed by atoms with Gasteiger partial charge in [-0.3, -0.25) is 25.0 Å². The Balaban J connectivity index is 3.48. The number of methoxy groups -OCH3 is 1. The number of esters is 1. The molecule has 1 unspecified atom stereocenters. The summed E-state index contributed by atoms with van der Waals surface area (Å²) in [4.78, 5) is 31.4. The minimum absolute atomic E-state index is 0.0674. The Bertz CT molecular complexity index is 906. The molecule has 1 atom stereocenters. The van der Waals surface area contributed by atoms with Crippen molar-refractivity contribution < 1.29 is 27.8 Å². The minimum Gasteiger partial charge on any atom is -0.468 e. The van der Waals surface area contributed by atoms with Crippen molar-refractivity contribution in [3.8, 4) is 0 Å². The smallest absolute Gasteiger partial charge is 0.327 e. The number of rotatable bonds is 8. The van der Waals surface area contributed by atoms with Gasteiger partial charge in [0.05, 0.1) is 23.0 Å². The zero-order valence-electron chi connectivity index (χ0n) is 15.1. The number of nitrogens with zero attached hydrogens (tertiary/aromatic N) is 2. The van der Waals surface area contributed by atoms with Crippen molar-refractivity contribution in [2.45, 2.75) is 37.6 Å². The van der Waals surface area contributed by atoms with Gasteiger partial charge in [-0.2, -0.15) is 4.72 Å². The summed E-state index contributed by atoms with van der Waals surface area (Å²) in [6.07, 6.45) is 1.53. The lowest BCUT2D eigenvalue weighted by Gasteiger charge is -2.26. The second kappa shape index (κ2) is 8.22. The van der Waals surface area contributed by atoms with Gasteiger partial charge in [-0.1, -0.05) is 11.6 Å². The van der Waals surface area contributed by atoms with E-state index < -0.39 is 47.6 Å². The number of allylic oxidation sites excluding steroid dienone is 1. The summed E-state index contributed by atoms with van der Waals surface area (Å²) in [5.41, 5.74) is -2.54. The van der Waals surface area contributed by atoms with Crippen molar-refractivity contribution in [2.24, 2.45) is 0 Å². The maximum Gasteiger partial charge on any atom is 0.327 e. The number of carbonyl (C=O) groups excluding carboxylic acids is 1. The quantitative estimate of drug-likeness (QED) is 0.300. The predicted molar refractivity (Wildman–Crippen MR) is 94.5 cm³/mol. The number of carbonyl (C=O) groups is 1. The highest BCUT2D eigenvalue weighted by molar-refractivity contribution is 7.89. The van der Waals surface area contributed by atoms with Crippen LogP contribution in [0.1, 0.15) is 27.2 Å². The summed E-state index contributed by atoms with van der Waals surface area (Å²) in [6, 6.07) is 2.12. The van der Waals surface area contributed by atoms with E-state index in [1.807, 2.05) is 0 Å². The number of nitro benzene ring substituents is 2. The number of hydrogen-bond acceptors (Lipinski definition) is 8. The lowest BCUT2D eigenvalue weighted by Crippen LogP contribution is -2.52. The molecule has 0 saturated heterocycles. The summed E-state index contributed by atoms with van der Waals surface area (Å²) >= 11 is 0. The Morgan fingerprint density at radius 3 is 2.30 bits per heavy atom. The number of benzene rings is 1. The van der Waals surface area contributed by atoms with Crippen LogP contribution in [-0.4, -0.2) is 36.9 Å². The molecule has 0 aliphatic heterocycles. The average molecular weight is 401 g/mol. The largest absolute Gasteiger partial charge is 0.468 e. The van der Waals surface area contributed by atoms with Crippen molar-refractivity contribution in [1.82, 2.24) is 4.72 Å². The van der Waals surface area contributed by atoms with E-state index in [1.54, 1.807) is 19.9 Å². The molecule has 0 aromatic heterocycles. The molecule has 0 spiro atoms. The SMILES string of the molecule is COC(=O)C(C)(CC=C(C)C)NS(=O)(=O)c1ccc([N+](=O)[O-])cc1[N+](=O)[O-]. The van der Waals surface area contributed by atoms with E-state index in [-0.39, 0.29) is 6.42 Å². The molecule has 0 radical (unpaired) electrons. The first-order valence-corrected chi connectivity index (χ1v) is 9.01. The van der Waals surface area contributed by atoms with E-state index in [4.69, 9.17) is 0 Å². The van der Waals surface area contributed by atoms with Crippen molar-refractivity contribution in [3.63, 3.8) is 0 Å². The topological polar surface area (TPSA) is 159 Å². The van der Waals surface area contributed by atoms with E-state index in [0.29, 0.717) is 6.07 Å². The van der Waals surface area contributed by atoms with Crippen molar-refractivity contribution in [3.05, 3.63) is 50.1 Å². The van der Waals surface area contributed by atoms with Gasteiger partial charge in [-0.15, -0.1) is 0 Å². The maximum atomic E-state index is 12.7. The van der Waals surface area contributed by atoms with Crippen molar-refractivity contribution in [2.75, 3.05) is 7.11 Å². The van der Waals surface area contributed by atoms with E-state index in [0.717, 1.165) is 24.8 Å². The zero-order valence-corrected chi connectivity index (χ0v) is 15.9. The van der Waals surface area contributed by atoms with Gasteiger partial charge < -0.3 is 4.74 Å². The first-order chi connectivity index (χ1) is 12.3. The molecule has 0 saturated carbocycles. The number of nitro groups is 2. The molecule has 0 aliphatic carbocycles. The van der Waals surface area contributed by atoms with Gasteiger partial charge in [0.1, 0.15) is 5.54 Å². The minimum atomic E-state index is -4.58. The van der Waals surface area contributed by atoms with Crippen LogP contribution in [0.15, 0.2) is 34.7 Å². The summed E-state index contributed by atoms with van der Waals surface area (Å²) in [6.45, 7) is 4.76. The molecule has 148 valence electrons. The monoisotopic (exact) mass is 401 g/mol. The molecule has 11 nitrogen and oxygen atoms in total. The molecule has 1 N–H and O–H groups in total. The van der Waals surface area contributed by atoms with E-state index in [9.17, 15) is 33.4 Å². The van der Waals surface area contributed by atoms with Gasteiger partial charge in [0.15, 0.2) is 4.90 Å². The van der Waals surface area contributed by atoms with Crippen LogP contribution in [0, 0.1) is 20.2 Å². The molecule has 1 aromatic rings. The van der Waals surface area contributed by atoms with Gasteiger partial charge in [0.25, 0.3) is 11.4 Å². The second-order valence-electron chi connectivity index (χ2n) is 6.08. The lowest BCUT2D eigenvalue weighted by molar-refractivity contribution is -0.396. The molecule has 0 fully saturated rings. The van der Waals surface area contributed by atoms with Gasteiger partial charge in [0.2, 0.25) is 10.0 Å². The van der Waals surface area contributed by atoms with Crippen molar-refractivity contribution >= 4 is 27.4 Å². The first-order valence-electron chi connectivity index (χ1n) is 7.52. The summed E-state index contributed by atoms with van der Waals surface area (Å²) in [5, 5.41) is 22.0. The molecule has 0 amide bonds. The summed E-state index contributed by atoms with van der Waals surface area (Å²) < 4.78 is 32.2. The average Bonchev–Trinajstić information content (AvgIpc) is 2.58. The summed E-state index contributed by atoms with van der Waals surface area (Å²) in [7, 11) is -3.51. The van der Waals surface area contributed by atoms with Crippen LogP contribution < -0.4 is 4.72 Å². The molecular weight excluding hydrogens is 382 g/mol. The Morgan fingerprint density at radius 2 is 1.85 bits per heavy atom. The third-order valence-corrected chi connectivity index (χ3v) is 5.20. The molecule has 1 rings (SSSR count). The second-order valence-corrected chi connectivity index (χ2v) is 7.73. The first kappa shape index (κ1) is 22.2. The van der Waals surface area contributed by atoms with Crippen LogP contribution in [0.3, 0.4) is 0 Å². The van der Waals surface area contributed by atoms with Crippen LogP contribution >= 0.6 is 0 Å². The molecule has 0 aliphatic rings. The Kier molecular flexibility index (Phi) is 6.76. The number of non-ortho nitro benzene ring substituents is 1. The molecule has 1 aromatic carbocycles. The zero-order chi connectivity index (χ0) is 21.0. The number of sulfonamides is 1. The highest BCUT2D eigenvalue weighted by Gasteiger charge is 2.40. The van der Waals surface area contributed by atoms with Crippen LogP contribution in [0.5, 0.6) is 0 Å². The fourth-order valence-corrected chi connectivity index (χ4v) is 3.67. The molecule has 27 heavy (non-hydrogen) atoms. The molecule has 0 bridgehead atoms. The Morgan fingerprint density at radius 1 is 1.26 bits per heavy atom. The van der Waals surface area contributed by atoms with Gasteiger partial charge >= 0.3 is 5.97 Å². The maximum absolute atomic E-state index is 12.7. The summed E-state index contributed by atoms with van der Waals surface area (Å²) in [5.74, 6) is -0.895. The lowest BCUT2D eigenvalue weighted by atomic mass is 9.98.